The van der Waals surface area contributed by atoms with Gasteiger partial charge in [-0.1, -0.05) is 29.5 Å². The molecule has 9 heteroatoms. The molecule has 1 N–H and O–H groups in total. The number of carbonyl (C=O) groups is 2. The van der Waals surface area contributed by atoms with Gasteiger partial charge in [-0.15, -0.1) is 10.2 Å². The Kier molecular flexibility index (Phi) is 6.36. The zero-order valence-corrected chi connectivity index (χ0v) is 16.1. The molecule has 0 spiro atoms. The first-order valence-corrected chi connectivity index (χ1v) is 9.45. The van der Waals surface area contributed by atoms with E-state index in [-0.39, 0.29) is 24.2 Å². The number of amides is 2. The largest absolute Gasteiger partial charge is 0.496 e. The fraction of sp³-hybridized carbons (Fsp3) is 0.444. The van der Waals surface area contributed by atoms with Crippen molar-refractivity contribution in [1.82, 2.24) is 15.5 Å². The second kappa shape index (κ2) is 8.92. The van der Waals surface area contributed by atoms with Crippen LogP contribution in [-0.4, -0.2) is 49.3 Å². The lowest BCUT2D eigenvalue weighted by Crippen LogP contribution is -2.34. The van der Waals surface area contributed by atoms with Gasteiger partial charge in [0, 0.05) is 26.6 Å². The molecule has 1 unspecified atom stereocenters. The molecule has 8 nitrogen and oxygen atoms in total. The summed E-state index contributed by atoms with van der Waals surface area (Å²) >= 11 is 1.30. The van der Waals surface area contributed by atoms with Crippen LogP contribution in [0.4, 0.5) is 5.13 Å². The number of anilines is 1. The van der Waals surface area contributed by atoms with Crippen molar-refractivity contribution in [3.8, 4) is 5.75 Å². The van der Waals surface area contributed by atoms with Crippen LogP contribution in [0.3, 0.4) is 0 Å². The standard InChI is InChI=1S/C18H22N4O4S/c1-25-11-15-20-21-18(27-15)22-10-13(9-16(22)23)17(24)19-8-7-12-5-3-4-6-14(12)26-2/h3-6,13H,7-11H2,1-2H3,(H,19,24). The summed E-state index contributed by atoms with van der Waals surface area (Å²) in [6.07, 6.45) is 0.844. The van der Waals surface area contributed by atoms with Crippen molar-refractivity contribution in [1.29, 1.82) is 0 Å². The molecule has 1 aliphatic heterocycles. The predicted octanol–water partition coefficient (Wildman–Crippen LogP) is 1.40. The number of carbonyl (C=O) groups excluding carboxylic acids is 2. The number of aromatic nitrogens is 2. The van der Waals surface area contributed by atoms with Crippen molar-refractivity contribution in [2.45, 2.75) is 19.4 Å². The Bertz CT molecular complexity index is 810. The van der Waals surface area contributed by atoms with Crippen molar-refractivity contribution in [2.75, 3.05) is 32.2 Å². The minimum Gasteiger partial charge on any atom is -0.496 e. The van der Waals surface area contributed by atoms with E-state index < -0.39 is 0 Å². The van der Waals surface area contributed by atoms with E-state index >= 15 is 0 Å². The molecule has 1 aliphatic rings. The number of ether oxygens (including phenoxy) is 2. The summed E-state index contributed by atoms with van der Waals surface area (Å²) in [5.41, 5.74) is 1.03. The monoisotopic (exact) mass is 390 g/mol. The number of benzene rings is 1. The number of nitrogens with zero attached hydrogens (tertiary/aromatic N) is 3. The average Bonchev–Trinajstić information content (AvgIpc) is 3.29. The first kappa shape index (κ1) is 19.2. The van der Waals surface area contributed by atoms with Crippen LogP contribution in [0.5, 0.6) is 5.75 Å². The van der Waals surface area contributed by atoms with Gasteiger partial charge in [-0.25, -0.2) is 0 Å². The van der Waals surface area contributed by atoms with Crippen LogP contribution >= 0.6 is 11.3 Å². The lowest BCUT2D eigenvalue weighted by molar-refractivity contribution is -0.126. The van der Waals surface area contributed by atoms with Crippen LogP contribution in [0.2, 0.25) is 0 Å². The smallest absolute Gasteiger partial charge is 0.229 e. The maximum atomic E-state index is 12.4. The third kappa shape index (κ3) is 4.61. The van der Waals surface area contributed by atoms with Crippen LogP contribution in [0.1, 0.15) is 17.0 Å². The summed E-state index contributed by atoms with van der Waals surface area (Å²) in [5.74, 6) is 0.185. The number of rotatable bonds is 8. The Balaban J connectivity index is 1.52. The molecular formula is C18H22N4O4S. The SMILES string of the molecule is COCc1nnc(N2CC(C(=O)NCCc3ccccc3OC)CC2=O)s1. The number of methoxy groups -OCH3 is 2. The van der Waals surface area contributed by atoms with Crippen LogP contribution in [-0.2, 0) is 27.4 Å². The topological polar surface area (TPSA) is 93.7 Å². The third-order valence-corrected chi connectivity index (χ3v) is 5.26. The van der Waals surface area contributed by atoms with E-state index in [2.05, 4.69) is 15.5 Å². The molecule has 0 bridgehead atoms. The van der Waals surface area contributed by atoms with Gasteiger partial charge in [0.15, 0.2) is 0 Å². The normalized spacial score (nSPS) is 16.6. The molecule has 0 radical (unpaired) electrons. The minimum atomic E-state index is -0.384. The minimum absolute atomic E-state index is 0.111. The van der Waals surface area contributed by atoms with Crippen LogP contribution in [0, 0.1) is 5.92 Å². The van der Waals surface area contributed by atoms with Crippen molar-refractivity contribution < 1.29 is 19.1 Å². The van der Waals surface area contributed by atoms with Gasteiger partial charge in [0.05, 0.1) is 13.0 Å². The van der Waals surface area contributed by atoms with E-state index in [1.807, 2.05) is 24.3 Å². The number of nitrogens with one attached hydrogen (secondary N) is 1. The van der Waals surface area contributed by atoms with Gasteiger partial charge in [0.25, 0.3) is 0 Å². The Morgan fingerprint density at radius 3 is 2.93 bits per heavy atom. The van der Waals surface area contributed by atoms with Gasteiger partial charge in [0.1, 0.15) is 17.4 Å². The zero-order valence-electron chi connectivity index (χ0n) is 15.3. The van der Waals surface area contributed by atoms with Gasteiger partial charge >= 0.3 is 0 Å². The van der Waals surface area contributed by atoms with Gasteiger partial charge < -0.3 is 14.8 Å². The maximum Gasteiger partial charge on any atom is 0.229 e. The van der Waals surface area contributed by atoms with E-state index in [1.165, 1.54) is 16.2 Å². The van der Waals surface area contributed by atoms with Crippen molar-refractivity contribution >= 4 is 28.3 Å². The highest BCUT2D eigenvalue weighted by Gasteiger charge is 2.36. The van der Waals surface area contributed by atoms with Gasteiger partial charge in [-0.2, -0.15) is 0 Å². The maximum absolute atomic E-state index is 12.4. The zero-order chi connectivity index (χ0) is 19.2. The van der Waals surface area contributed by atoms with Gasteiger partial charge in [-0.3, -0.25) is 14.5 Å². The summed E-state index contributed by atoms with van der Waals surface area (Å²) in [6.45, 7) is 1.16. The first-order chi connectivity index (χ1) is 13.1. The molecule has 144 valence electrons. The van der Waals surface area contributed by atoms with E-state index in [9.17, 15) is 9.59 Å². The fourth-order valence-electron chi connectivity index (χ4n) is 2.98. The second-order valence-electron chi connectivity index (χ2n) is 6.17. The molecule has 0 aliphatic carbocycles. The van der Waals surface area contributed by atoms with E-state index in [0.29, 0.717) is 36.3 Å². The Labute approximate surface area is 161 Å². The molecule has 2 heterocycles. The lowest BCUT2D eigenvalue weighted by Gasteiger charge is -2.13. The Hall–Kier alpha value is -2.52. The van der Waals surface area contributed by atoms with Crippen LogP contribution < -0.4 is 15.0 Å². The molecular weight excluding hydrogens is 368 g/mol. The molecule has 1 aromatic carbocycles. The molecule has 2 aromatic rings. The van der Waals surface area contributed by atoms with E-state index in [0.717, 1.165) is 11.3 Å². The van der Waals surface area contributed by atoms with Crippen LogP contribution in [0.15, 0.2) is 24.3 Å². The molecule has 27 heavy (non-hydrogen) atoms. The first-order valence-electron chi connectivity index (χ1n) is 8.63. The van der Waals surface area contributed by atoms with Crippen molar-refractivity contribution in [3.05, 3.63) is 34.8 Å². The summed E-state index contributed by atoms with van der Waals surface area (Å²) in [6, 6.07) is 7.71. The van der Waals surface area contributed by atoms with E-state index in [4.69, 9.17) is 9.47 Å². The van der Waals surface area contributed by atoms with Crippen LogP contribution in [0.25, 0.3) is 0 Å². The summed E-state index contributed by atoms with van der Waals surface area (Å²) in [4.78, 5) is 26.2. The lowest BCUT2D eigenvalue weighted by atomic mass is 10.1. The molecule has 0 saturated carbocycles. The van der Waals surface area contributed by atoms with Crippen molar-refractivity contribution in [2.24, 2.45) is 5.92 Å². The Morgan fingerprint density at radius 1 is 1.33 bits per heavy atom. The van der Waals surface area contributed by atoms with Crippen molar-refractivity contribution in [3.63, 3.8) is 0 Å². The summed E-state index contributed by atoms with van der Waals surface area (Å²) in [7, 11) is 3.20. The molecule has 1 aromatic heterocycles. The average molecular weight is 390 g/mol. The highest BCUT2D eigenvalue weighted by molar-refractivity contribution is 7.15. The van der Waals surface area contributed by atoms with Gasteiger partial charge in [0.2, 0.25) is 16.9 Å². The third-order valence-electron chi connectivity index (χ3n) is 4.34. The quantitative estimate of drug-likeness (QED) is 0.732. The Morgan fingerprint density at radius 2 is 2.15 bits per heavy atom. The summed E-state index contributed by atoms with van der Waals surface area (Å²) < 4.78 is 10.3. The van der Waals surface area contributed by atoms with Gasteiger partial charge in [-0.05, 0) is 18.1 Å². The number of hydrogen-bond acceptors (Lipinski definition) is 7. The molecule has 1 fully saturated rings. The molecule has 1 atom stereocenters. The number of para-hydroxylation sites is 1. The molecule has 1 saturated heterocycles. The summed E-state index contributed by atoms with van der Waals surface area (Å²) in [5, 5.41) is 12.1. The second-order valence-corrected chi connectivity index (χ2v) is 7.21. The predicted molar refractivity (Wildman–Crippen MR) is 101 cm³/mol. The highest BCUT2D eigenvalue weighted by atomic mass is 32.1. The van der Waals surface area contributed by atoms with E-state index in [1.54, 1.807) is 14.2 Å². The highest BCUT2D eigenvalue weighted by Crippen LogP contribution is 2.28. The molecule has 2 amide bonds. The molecule has 3 rings (SSSR count). The fourth-order valence-corrected chi connectivity index (χ4v) is 3.82. The number of hydrogen-bond donors (Lipinski definition) is 1.